The fraction of sp³-hybridized carbons (Fsp3) is 0. The summed E-state index contributed by atoms with van der Waals surface area (Å²) in [6.45, 7) is 0. The number of benzene rings is 8. The van der Waals surface area contributed by atoms with Gasteiger partial charge in [0.1, 0.15) is 5.82 Å². The van der Waals surface area contributed by atoms with E-state index in [0.717, 1.165) is 87.8 Å². The summed E-state index contributed by atoms with van der Waals surface area (Å²) in [5.41, 5.74) is 9.08. The molecule has 3 heterocycles. The van der Waals surface area contributed by atoms with Gasteiger partial charge in [-0.15, -0.1) is 0 Å². The van der Waals surface area contributed by atoms with Crippen molar-refractivity contribution in [1.29, 1.82) is 0 Å². The number of nitrogens with zero attached hydrogens (tertiary/aromatic N) is 3. The lowest BCUT2D eigenvalue weighted by Gasteiger charge is -2.17. The summed E-state index contributed by atoms with van der Waals surface area (Å²) in [5, 5.41) is 6.93. The molecule has 258 valence electrons. The van der Waals surface area contributed by atoms with Crippen LogP contribution in [0.1, 0.15) is 0 Å². The summed E-state index contributed by atoms with van der Waals surface area (Å²) in [6.07, 6.45) is 0. The van der Waals surface area contributed by atoms with Gasteiger partial charge in [-0.3, -0.25) is 4.57 Å². The van der Waals surface area contributed by atoms with Crippen LogP contribution in [0.25, 0.3) is 83.3 Å². The van der Waals surface area contributed by atoms with Gasteiger partial charge in [-0.1, -0.05) is 176 Å². The fourth-order valence-electron chi connectivity index (χ4n) is 8.52. The van der Waals surface area contributed by atoms with E-state index < -0.39 is 7.14 Å². The van der Waals surface area contributed by atoms with E-state index in [-0.39, 0.29) is 0 Å². The maximum Gasteiger partial charge on any atom is 0.172 e. The summed E-state index contributed by atoms with van der Waals surface area (Å²) >= 11 is 0. The van der Waals surface area contributed by atoms with Gasteiger partial charge in [-0.25, -0.2) is 9.97 Å². The van der Waals surface area contributed by atoms with E-state index in [2.05, 4.69) is 132 Å². The normalized spacial score (nSPS) is 14.7. The van der Waals surface area contributed by atoms with Crippen molar-refractivity contribution in [2.45, 2.75) is 0 Å². The Kier molecular flexibility index (Phi) is 7.10. The molecule has 0 bridgehead atoms. The largest absolute Gasteiger partial charge is 0.309 e. The van der Waals surface area contributed by atoms with Crippen molar-refractivity contribution < 1.29 is 4.57 Å². The molecule has 5 heteroatoms. The third kappa shape index (κ3) is 4.82. The molecule has 0 saturated carbocycles. The zero-order valence-corrected chi connectivity index (χ0v) is 30.6. The van der Waals surface area contributed by atoms with E-state index in [1.54, 1.807) is 0 Å². The highest BCUT2D eigenvalue weighted by Crippen LogP contribution is 2.55. The van der Waals surface area contributed by atoms with Crippen molar-refractivity contribution in [2.24, 2.45) is 0 Å². The molecular formula is C50H32N3OP. The van der Waals surface area contributed by atoms with Gasteiger partial charge in [0.05, 0.1) is 16.7 Å². The van der Waals surface area contributed by atoms with E-state index in [1.165, 1.54) is 5.56 Å². The Balaban J connectivity index is 1.24. The Morgan fingerprint density at radius 2 is 1.05 bits per heavy atom. The Labute approximate surface area is 318 Å². The number of rotatable bonds is 5. The minimum Gasteiger partial charge on any atom is -0.309 e. The number of hydrogen-bond donors (Lipinski definition) is 0. The maximum absolute atomic E-state index is 16.2. The molecule has 0 radical (unpaired) electrons. The molecule has 0 aliphatic carbocycles. The van der Waals surface area contributed by atoms with Crippen LogP contribution in [0, 0.1) is 0 Å². The molecule has 11 rings (SSSR count). The maximum atomic E-state index is 16.2. The van der Waals surface area contributed by atoms with Gasteiger partial charge in [0.15, 0.2) is 13.0 Å². The number of aromatic nitrogens is 3. The Morgan fingerprint density at radius 3 is 1.84 bits per heavy atom. The smallest absolute Gasteiger partial charge is 0.172 e. The molecule has 0 fully saturated rings. The van der Waals surface area contributed by atoms with Gasteiger partial charge in [0.2, 0.25) is 0 Å². The van der Waals surface area contributed by atoms with Crippen molar-refractivity contribution in [3.63, 3.8) is 0 Å². The highest BCUT2D eigenvalue weighted by Gasteiger charge is 2.42. The zero-order valence-electron chi connectivity index (χ0n) is 29.7. The van der Waals surface area contributed by atoms with Gasteiger partial charge in [-0.05, 0) is 45.2 Å². The summed E-state index contributed by atoms with van der Waals surface area (Å²) in [4.78, 5) is 10.5. The van der Waals surface area contributed by atoms with Crippen LogP contribution in [-0.2, 0) is 4.57 Å². The van der Waals surface area contributed by atoms with Crippen LogP contribution in [0.2, 0.25) is 0 Å². The first kappa shape index (κ1) is 31.6. The fourth-order valence-corrected chi connectivity index (χ4v) is 11.8. The first-order valence-electron chi connectivity index (χ1n) is 18.5. The summed E-state index contributed by atoms with van der Waals surface area (Å²) < 4.78 is 18.4. The van der Waals surface area contributed by atoms with Gasteiger partial charge >= 0.3 is 0 Å². The average Bonchev–Trinajstić information content (AvgIpc) is 3.75. The quantitative estimate of drug-likeness (QED) is 0.166. The molecule has 1 atom stereocenters. The summed E-state index contributed by atoms with van der Waals surface area (Å²) in [5.74, 6) is 1.39. The van der Waals surface area contributed by atoms with E-state index in [9.17, 15) is 0 Å². The second-order valence-electron chi connectivity index (χ2n) is 14.1. The predicted molar refractivity (Wildman–Crippen MR) is 229 cm³/mol. The van der Waals surface area contributed by atoms with Crippen molar-refractivity contribution in [1.82, 2.24) is 14.5 Å². The second-order valence-corrected chi connectivity index (χ2v) is 16.7. The molecule has 0 spiro atoms. The minimum absolute atomic E-state index is 0.638. The molecule has 1 aliphatic heterocycles. The van der Waals surface area contributed by atoms with Crippen LogP contribution < -0.4 is 15.9 Å². The SMILES string of the molecule is O=P1(c2ccccc2)c2ccccc2-c2ccc3c(c21)c1c2ccccc2ccc1n3-c1cc(-c2ccc(-c3ccccc3)cc2)nc(-c2ccccc2)n1. The summed E-state index contributed by atoms with van der Waals surface area (Å²) in [6, 6.07) is 66.8. The van der Waals surface area contributed by atoms with Crippen LogP contribution in [0.5, 0.6) is 0 Å². The molecular weight excluding hydrogens is 690 g/mol. The second kappa shape index (κ2) is 12.3. The monoisotopic (exact) mass is 721 g/mol. The van der Waals surface area contributed by atoms with Crippen molar-refractivity contribution in [3.8, 4) is 50.7 Å². The van der Waals surface area contributed by atoms with Gasteiger partial charge in [0.25, 0.3) is 0 Å². The van der Waals surface area contributed by atoms with E-state index in [1.807, 2.05) is 66.7 Å². The standard InChI is InChI=1S/C50H32N3OP/c54-55(38-19-8-3-9-20-38)45-23-13-12-22-40(45)41-29-31-44-48(49(41)55)47-39-21-11-10-16-35(39)28-30-43(47)53(44)46-32-42(51-50(52-46)37-17-6-2-7-18-37)36-26-24-34(25-27-36)33-14-4-1-5-15-33/h1-32H. The van der Waals surface area contributed by atoms with Crippen molar-refractivity contribution in [3.05, 3.63) is 194 Å². The minimum atomic E-state index is -3.30. The molecule has 0 saturated heterocycles. The Hall–Kier alpha value is -6.87. The highest BCUT2D eigenvalue weighted by molar-refractivity contribution is 7.86. The molecule has 10 aromatic rings. The lowest BCUT2D eigenvalue weighted by Crippen LogP contribution is -2.21. The van der Waals surface area contributed by atoms with Gasteiger partial charge < -0.3 is 4.57 Å². The van der Waals surface area contributed by atoms with Crippen LogP contribution in [0.15, 0.2) is 194 Å². The third-order valence-electron chi connectivity index (χ3n) is 11.0. The van der Waals surface area contributed by atoms with Crippen LogP contribution >= 0.6 is 7.14 Å². The Bertz CT molecular complexity index is 3160. The first-order valence-corrected chi connectivity index (χ1v) is 20.2. The average molecular weight is 722 g/mol. The summed E-state index contributed by atoms with van der Waals surface area (Å²) in [7, 11) is -3.30. The lowest BCUT2D eigenvalue weighted by molar-refractivity contribution is 0.593. The molecule has 2 aromatic heterocycles. The van der Waals surface area contributed by atoms with Crippen LogP contribution in [0.3, 0.4) is 0 Å². The molecule has 4 nitrogen and oxygen atoms in total. The topological polar surface area (TPSA) is 47.8 Å². The number of fused-ring (bicyclic) bond motifs is 9. The molecule has 8 aromatic carbocycles. The van der Waals surface area contributed by atoms with E-state index in [4.69, 9.17) is 9.97 Å². The van der Waals surface area contributed by atoms with E-state index >= 15 is 4.57 Å². The molecule has 1 aliphatic rings. The van der Waals surface area contributed by atoms with Gasteiger partial charge in [-0.2, -0.15) is 0 Å². The molecule has 0 amide bonds. The molecule has 0 N–H and O–H groups in total. The lowest BCUT2D eigenvalue weighted by atomic mass is 10.00. The molecule has 55 heavy (non-hydrogen) atoms. The first-order chi connectivity index (χ1) is 27.2. The van der Waals surface area contributed by atoms with Crippen LogP contribution in [0.4, 0.5) is 0 Å². The van der Waals surface area contributed by atoms with Crippen molar-refractivity contribution in [2.75, 3.05) is 0 Å². The third-order valence-corrected chi connectivity index (χ3v) is 14.2. The zero-order chi connectivity index (χ0) is 36.5. The van der Waals surface area contributed by atoms with Crippen LogP contribution in [-0.4, -0.2) is 14.5 Å². The van der Waals surface area contributed by atoms with E-state index in [0.29, 0.717) is 5.82 Å². The molecule has 1 unspecified atom stereocenters. The van der Waals surface area contributed by atoms with Crippen molar-refractivity contribution >= 4 is 55.6 Å². The predicted octanol–water partition coefficient (Wildman–Crippen LogP) is 11.3. The Morgan fingerprint density at radius 1 is 0.455 bits per heavy atom. The highest BCUT2D eigenvalue weighted by atomic mass is 31.2. The van der Waals surface area contributed by atoms with Gasteiger partial charge in [0, 0.05) is 43.9 Å². The number of hydrogen-bond acceptors (Lipinski definition) is 3.